The molecule has 0 aliphatic heterocycles. The van der Waals surface area contributed by atoms with Crippen LogP contribution in [0.3, 0.4) is 0 Å². The van der Waals surface area contributed by atoms with Crippen molar-refractivity contribution in [3.63, 3.8) is 0 Å². The average molecular weight is 279 g/mol. The molecule has 0 saturated carbocycles. The summed E-state index contributed by atoms with van der Waals surface area (Å²) in [6.07, 6.45) is 1.88. The summed E-state index contributed by atoms with van der Waals surface area (Å²) in [5.74, 6) is 1.23. The van der Waals surface area contributed by atoms with Crippen molar-refractivity contribution in [3.8, 4) is 11.4 Å². The Labute approximate surface area is 123 Å². The number of aromatic nitrogens is 2. The Bertz CT molecular complexity index is 718. The molecule has 0 saturated heterocycles. The second-order valence-corrected chi connectivity index (χ2v) is 4.87. The lowest BCUT2D eigenvalue weighted by molar-refractivity contribution is 0.475. The van der Waals surface area contributed by atoms with Gasteiger partial charge in [-0.3, -0.25) is 4.57 Å². The highest BCUT2D eigenvalue weighted by Crippen LogP contribution is 2.17. The number of hydrogen-bond donors (Lipinski definition) is 2. The van der Waals surface area contributed by atoms with Crippen LogP contribution in [0.25, 0.3) is 5.69 Å². The Balaban J connectivity index is 1.82. The molecule has 0 unspecified atom stereocenters. The number of phenolic OH excluding ortho intramolecular Hbond substituents is 1. The molecule has 0 amide bonds. The first kappa shape index (κ1) is 13.2. The largest absolute Gasteiger partial charge is 0.508 e. The Kier molecular flexibility index (Phi) is 3.60. The molecule has 106 valence electrons. The predicted molar refractivity (Wildman–Crippen MR) is 83.7 cm³/mol. The highest BCUT2D eigenvalue weighted by Gasteiger charge is 2.08. The van der Waals surface area contributed by atoms with Crippen LogP contribution in [0.15, 0.2) is 60.8 Å². The maximum absolute atomic E-state index is 9.30. The normalized spacial score (nSPS) is 10.5. The van der Waals surface area contributed by atoms with Crippen LogP contribution >= 0.6 is 0 Å². The van der Waals surface area contributed by atoms with Gasteiger partial charge >= 0.3 is 0 Å². The fourth-order valence-electron chi connectivity index (χ4n) is 2.32. The van der Waals surface area contributed by atoms with Gasteiger partial charge < -0.3 is 10.4 Å². The van der Waals surface area contributed by atoms with Gasteiger partial charge in [0.1, 0.15) is 11.6 Å². The van der Waals surface area contributed by atoms with Crippen molar-refractivity contribution < 1.29 is 5.11 Å². The lowest BCUT2D eigenvalue weighted by Gasteiger charge is -2.12. The van der Waals surface area contributed by atoms with Crippen LogP contribution in [0, 0.1) is 6.92 Å². The van der Waals surface area contributed by atoms with E-state index in [2.05, 4.69) is 27.0 Å². The molecule has 2 N–H and O–H groups in total. The van der Waals surface area contributed by atoms with Crippen LogP contribution in [0.5, 0.6) is 5.75 Å². The number of benzene rings is 2. The molecule has 0 fully saturated rings. The second-order valence-electron chi connectivity index (χ2n) is 4.87. The average Bonchev–Trinajstić information content (AvgIpc) is 2.88. The Morgan fingerprint density at radius 1 is 1.05 bits per heavy atom. The van der Waals surface area contributed by atoms with Crippen molar-refractivity contribution in [1.82, 2.24) is 9.55 Å². The van der Waals surface area contributed by atoms with Crippen molar-refractivity contribution in [1.29, 1.82) is 0 Å². The molecule has 1 heterocycles. The van der Waals surface area contributed by atoms with Crippen molar-refractivity contribution in [3.05, 3.63) is 72.3 Å². The summed E-state index contributed by atoms with van der Waals surface area (Å²) in [7, 11) is 0. The van der Waals surface area contributed by atoms with Crippen LogP contribution in [0.2, 0.25) is 0 Å². The van der Waals surface area contributed by atoms with E-state index in [1.807, 2.05) is 43.5 Å². The molecule has 4 heteroatoms. The zero-order valence-corrected chi connectivity index (χ0v) is 11.8. The number of phenols is 1. The van der Waals surface area contributed by atoms with Crippen molar-refractivity contribution in [2.24, 2.45) is 0 Å². The molecule has 0 aliphatic carbocycles. The summed E-state index contributed by atoms with van der Waals surface area (Å²) in [5.41, 5.74) is 3.16. The van der Waals surface area contributed by atoms with Crippen LogP contribution < -0.4 is 5.32 Å². The molecular formula is C17H17N3O. The first-order valence-corrected chi connectivity index (χ1v) is 6.85. The van der Waals surface area contributed by atoms with E-state index < -0.39 is 0 Å². The molecule has 4 nitrogen and oxygen atoms in total. The standard InChI is InChI=1S/C17H17N3O/c1-13-18-11-16(20(13)15-5-3-2-4-6-15)12-19-14-7-9-17(21)10-8-14/h2-11,19,21H,12H2,1H3. The van der Waals surface area contributed by atoms with Crippen LogP contribution in [-0.2, 0) is 6.54 Å². The molecule has 21 heavy (non-hydrogen) atoms. The summed E-state index contributed by atoms with van der Waals surface area (Å²) in [4.78, 5) is 4.40. The van der Waals surface area contributed by atoms with Gasteiger partial charge in [0.05, 0.1) is 18.4 Å². The number of nitrogens with one attached hydrogen (secondary N) is 1. The zero-order valence-electron chi connectivity index (χ0n) is 11.8. The topological polar surface area (TPSA) is 50.1 Å². The molecule has 3 rings (SSSR count). The maximum Gasteiger partial charge on any atom is 0.115 e. The molecule has 0 atom stereocenters. The van der Waals surface area contributed by atoms with Crippen molar-refractivity contribution in [2.45, 2.75) is 13.5 Å². The molecular weight excluding hydrogens is 262 g/mol. The second kappa shape index (κ2) is 5.71. The van der Waals surface area contributed by atoms with Gasteiger partial charge in [-0.2, -0.15) is 0 Å². The van der Waals surface area contributed by atoms with Gasteiger partial charge in [-0.1, -0.05) is 18.2 Å². The number of para-hydroxylation sites is 1. The third-order valence-corrected chi connectivity index (χ3v) is 3.37. The van der Waals surface area contributed by atoms with Crippen LogP contribution in [0.4, 0.5) is 5.69 Å². The highest BCUT2D eigenvalue weighted by molar-refractivity contribution is 5.46. The fourth-order valence-corrected chi connectivity index (χ4v) is 2.32. The Morgan fingerprint density at radius 2 is 1.76 bits per heavy atom. The summed E-state index contributed by atoms with van der Waals surface area (Å²) < 4.78 is 2.13. The molecule has 1 aromatic heterocycles. The number of aryl methyl sites for hydroxylation is 1. The van der Waals surface area contributed by atoms with E-state index in [1.54, 1.807) is 12.1 Å². The smallest absolute Gasteiger partial charge is 0.115 e. The Morgan fingerprint density at radius 3 is 2.48 bits per heavy atom. The van der Waals surface area contributed by atoms with E-state index >= 15 is 0 Å². The number of hydrogen-bond acceptors (Lipinski definition) is 3. The van der Waals surface area contributed by atoms with E-state index in [0.717, 1.165) is 22.9 Å². The van der Waals surface area contributed by atoms with Gasteiger partial charge in [0.2, 0.25) is 0 Å². The molecule has 2 aromatic carbocycles. The van der Waals surface area contributed by atoms with E-state index in [4.69, 9.17) is 0 Å². The molecule has 0 bridgehead atoms. The van der Waals surface area contributed by atoms with Gasteiger partial charge in [-0.15, -0.1) is 0 Å². The third-order valence-electron chi connectivity index (χ3n) is 3.37. The number of imidazole rings is 1. The molecule has 0 aliphatic rings. The Hall–Kier alpha value is -2.75. The predicted octanol–water partition coefficient (Wildman–Crippen LogP) is 3.50. The number of rotatable bonds is 4. The fraction of sp³-hybridized carbons (Fsp3) is 0.118. The summed E-state index contributed by atoms with van der Waals surface area (Å²) in [6.45, 7) is 2.66. The van der Waals surface area contributed by atoms with Crippen molar-refractivity contribution >= 4 is 5.69 Å². The first-order chi connectivity index (χ1) is 10.2. The van der Waals surface area contributed by atoms with E-state index in [-0.39, 0.29) is 5.75 Å². The van der Waals surface area contributed by atoms with Crippen LogP contribution in [-0.4, -0.2) is 14.7 Å². The summed E-state index contributed by atoms with van der Waals surface area (Å²) in [5, 5.41) is 12.6. The van der Waals surface area contributed by atoms with Crippen LogP contribution in [0.1, 0.15) is 11.5 Å². The lowest BCUT2D eigenvalue weighted by atomic mass is 10.3. The maximum atomic E-state index is 9.30. The zero-order chi connectivity index (χ0) is 14.7. The summed E-state index contributed by atoms with van der Waals surface area (Å²) >= 11 is 0. The number of anilines is 1. The third kappa shape index (κ3) is 2.89. The number of nitrogens with zero attached hydrogens (tertiary/aromatic N) is 2. The van der Waals surface area contributed by atoms with E-state index in [0.29, 0.717) is 6.54 Å². The molecule has 0 spiro atoms. The van der Waals surface area contributed by atoms with Crippen molar-refractivity contribution in [2.75, 3.05) is 5.32 Å². The van der Waals surface area contributed by atoms with Gasteiger partial charge in [-0.25, -0.2) is 4.98 Å². The van der Waals surface area contributed by atoms with E-state index in [1.165, 1.54) is 0 Å². The summed E-state index contributed by atoms with van der Waals surface area (Å²) in [6, 6.07) is 17.2. The monoisotopic (exact) mass is 279 g/mol. The van der Waals surface area contributed by atoms with Gasteiger partial charge in [0, 0.05) is 11.4 Å². The minimum absolute atomic E-state index is 0.269. The molecule has 3 aromatic rings. The van der Waals surface area contributed by atoms with E-state index in [9.17, 15) is 5.11 Å². The number of aromatic hydroxyl groups is 1. The first-order valence-electron chi connectivity index (χ1n) is 6.85. The minimum Gasteiger partial charge on any atom is -0.508 e. The lowest BCUT2D eigenvalue weighted by Crippen LogP contribution is -2.07. The van der Waals surface area contributed by atoms with Gasteiger partial charge in [0.25, 0.3) is 0 Å². The highest BCUT2D eigenvalue weighted by atomic mass is 16.3. The van der Waals surface area contributed by atoms with Gasteiger partial charge in [0.15, 0.2) is 0 Å². The minimum atomic E-state index is 0.269. The SMILES string of the molecule is Cc1ncc(CNc2ccc(O)cc2)n1-c1ccccc1. The van der Waals surface area contributed by atoms with Gasteiger partial charge in [-0.05, 0) is 43.3 Å². The molecule has 0 radical (unpaired) electrons. The quantitative estimate of drug-likeness (QED) is 0.719.